The van der Waals surface area contributed by atoms with E-state index in [-0.39, 0.29) is 0 Å². The van der Waals surface area contributed by atoms with Gasteiger partial charge in [0.15, 0.2) is 5.96 Å². The highest BCUT2D eigenvalue weighted by Crippen LogP contribution is 2.16. The molecular weight excluding hydrogens is 276 g/mol. The number of aromatic nitrogens is 1. The number of pyridine rings is 1. The van der Waals surface area contributed by atoms with Crippen molar-refractivity contribution in [3.8, 4) is 0 Å². The Balaban J connectivity index is 2.05. The maximum atomic E-state index is 5.33. The molecule has 2 rings (SSSR count). The molecular formula is C17H24N4O. The Morgan fingerprint density at radius 1 is 1.18 bits per heavy atom. The van der Waals surface area contributed by atoms with E-state index in [0.717, 1.165) is 42.1 Å². The van der Waals surface area contributed by atoms with Crippen molar-refractivity contribution in [1.29, 1.82) is 0 Å². The average Bonchev–Trinajstić information content (AvgIpc) is 2.56. The summed E-state index contributed by atoms with van der Waals surface area (Å²) >= 11 is 0. The van der Waals surface area contributed by atoms with Crippen molar-refractivity contribution in [1.82, 2.24) is 15.6 Å². The van der Waals surface area contributed by atoms with Crippen molar-refractivity contribution >= 4 is 16.9 Å². The van der Waals surface area contributed by atoms with Crippen molar-refractivity contribution in [3.05, 3.63) is 42.1 Å². The van der Waals surface area contributed by atoms with E-state index in [2.05, 4.69) is 45.7 Å². The Morgan fingerprint density at radius 2 is 2.05 bits per heavy atom. The van der Waals surface area contributed by atoms with Crippen LogP contribution in [-0.4, -0.2) is 37.2 Å². The van der Waals surface area contributed by atoms with Crippen molar-refractivity contribution < 1.29 is 4.74 Å². The number of nitrogens with zero attached hydrogens (tertiary/aromatic N) is 2. The van der Waals surface area contributed by atoms with Gasteiger partial charge in [0.05, 0.1) is 18.7 Å². The summed E-state index contributed by atoms with van der Waals surface area (Å²) in [7, 11) is 0. The Bertz CT molecular complexity index is 607. The Labute approximate surface area is 131 Å². The van der Waals surface area contributed by atoms with Gasteiger partial charge in [-0.1, -0.05) is 24.3 Å². The van der Waals surface area contributed by atoms with Gasteiger partial charge in [-0.15, -0.1) is 0 Å². The number of rotatable bonds is 7. The fraction of sp³-hybridized carbons (Fsp3) is 0.412. The molecule has 0 aliphatic carbocycles. The van der Waals surface area contributed by atoms with Crippen LogP contribution in [0.2, 0.25) is 0 Å². The van der Waals surface area contributed by atoms with Crippen LogP contribution in [0, 0.1) is 0 Å². The van der Waals surface area contributed by atoms with Crippen LogP contribution in [-0.2, 0) is 11.3 Å². The van der Waals surface area contributed by atoms with Gasteiger partial charge in [0, 0.05) is 31.3 Å². The van der Waals surface area contributed by atoms with E-state index >= 15 is 0 Å². The molecule has 0 radical (unpaired) electrons. The van der Waals surface area contributed by atoms with Gasteiger partial charge in [-0.2, -0.15) is 0 Å². The van der Waals surface area contributed by atoms with Crippen molar-refractivity contribution in [3.63, 3.8) is 0 Å². The van der Waals surface area contributed by atoms with Crippen molar-refractivity contribution in [2.75, 3.05) is 26.3 Å². The molecule has 22 heavy (non-hydrogen) atoms. The third-order valence-corrected chi connectivity index (χ3v) is 3.21. The van der Waals surface area contributed by atoms with Gasteiger partial charge >= 0.3 is 0 Å². The van der Waals surface area contributed by atoms with E-state index < -0.39 is 0 Å². The molecule has 0 aliphatic heterocycles. The molecule has 0 bridgehead atoms. The number of hydrogen-bond donors (Lipinski definition) is 2. The minimum absolute atomic E-state index is 0.596. The fourth-order valence-electron chi connectivity index (χ4n) is 2.19. The summed E-state index contributed by atoms with van der Waals surface area (Å²) in [6.07, 6.45) is 1.82. The summed E-state index contributed by atoms with van der Waals surface area (Å²) in [5, 5.41) is 7.65. The van der Waals surface area contributed by atoms with Gasteiger partial charge in [0.1, 0.15) is 0 Å². The molecule has 1 aromatic heterocycles. The molecule has 0 unspecified atom stereocenters. The lowest BCUT2D eigenvalue weighted by Crippen LogP contribution is -2.39. The minimum atomic E-state index is 0.596. The lowest BCUT2D eigenvalue weighted by Gasteiger charge is -2.11. The largest absolute Gasteiger partial charge is 0.380 e. The van der Waals surface area contributed by atoms with Gasteiger partial charge < -0.3 is 15.4 Å². The van der Waals surface area contributed by atoms with Gasteiger partial charge in [0.2, 0.25) is 0 Å². The van der Waals surface area contributed by atoms with Crippen LogP contribution in [0.25, 0.3) is 10.9 Å². The second kappa shape index (κ2) is 9.00. The zero-order chi connectivity index (χ0) is 15.6. The van der Waals surface area contributed by atoms with Crippen LogP contribution in [0.5, 0.6) is 0 Å². The Kier molecular flexibility index (Phi) is 6.64. The summed E-state index contributed by atoms with van der Waals surface area (Å²) < 4.78 is 5.33. The number of guanidine groups is 1. The minimum Gasteiger partial charge on any atom is -0.380 e. The lowest BCUT2D eigenvalue weighted by molar-refractivity contribution is 0.152. The molecule has 0 atom stereocenters. The zero-order valence-corrected chi connectivity index (χ0v) is 13.3. The van der Waals surface area contributed by atoms with Gasteiger partial charge in [-0.3, -0.25) is 4.98 Å². The number of para-hydroxylation sites is 1. The predicted molar refractivity (Wildman–Crippen MR) is 91.1 cm³/mol. The number of hydrogen-bond acceptors (Lipinski definition) is 3. The fourth-order valence-corrected chi connectivity index (χ4v) is 2.19. The Hall–Kier alpha value is -2.14. The second-order valence-electron chi connectivity index (χ2n) is 4.81. The lowest BCUT2D eigenvalue weighted by atomic mass is 10.1. The monoisotopic (exact) mass is 300 g/mol. The molecule has 1 aromatic carbocycles. The first-order chi connectivity index (χ1) is 10.8. The molecule has 0 spiro atoms. The second-order valence-corrected chi connectivity index (χ2v) is 4.81. The maximum Gasteiger partial charge on any atom is 0.191 e. The molecule has 0 amide bonds. The number of fused-ring (bicyclic) bond motifs is 1. The summed E-state index contributed by atoms with van der Waals surface area (Å²) in [5.74, 6) is 0.801. The highest BCUT2D eigenvalue weighted by molar-refractivity contribution is 5.83. The van der Waals surface area contributed by atoms with E-state index in [1.807, 2.05) is 25.3 Å². The molecule has 5 nitrogen and oxygen atoms in total. The van der Waals surface area contributed by atoms with E-state index in [0.29, 0.717) is 13.2 Å². The van der Waals surface area contributed by atoms with Gasteiger partial charge in [-0.05, 0) is 25.5 Å². The summed E-state index contributed by atoms with van der Waals surface area (Å²) in [5.41, 5.74) is 2.14. The van der Waals surface area contributed by atoms with E-state index in [1.165, 1.54) is 0 Å². The first-order valence-electron chi connectivity index (χ1n) is 7.77. The molecule has 0 fully saturated rings. The van der Waals surface area contributed by atoms with Crippen molar-refractivity contribution in [2.24, 2.45) is 4.99 Å². The third-order valence-electron chi connectivity index (χ3n) is 3.21. The normalized spacial score (nSPS) is 11.6. The quantitative estimate of drug-likeness (QED) is 0.468. The number of nitrogens with one attached hydrogen (secondary N) is 2. The van der Waals surface area contributed by atoms with Crippen LogP contribution >= 0.6 is 0 Å². The molecule has 0 aliphatic rings. The summed E-state index contributed by atoms with van der Waals surface area (Å²) in [6, 6.07) is 10.2. The third kappa shape index (κ3) is 4.70. The first kappa shape index (κ1) is 16.2. The molecule has 2 aromatic rings. The van der Waals surface area contributed by atoms with Crippen LogP contribution in [0.1, 0.15) is 19.4 Å². The number of benzene rings is 1. The molecule has 0 saturated carbocycles. The van der Waals surface area contributed by atoms with E-state index in [9.17, 15) is 0 Å². The van der Waals surface area contributed by atoms with E-state index in [1.54, 1.807) is 0 Å². The van der Waals surface area contributed by atoms with Gasteiger partial charge in [0.25, 0.3) is 0 Å². The SMILES string of the molecule is CCNC(=NCc1cccc2cccnc12)NCCOCC. The maximum absolute atomic E-state index is 5.33. The molecule has 0 saturated heterocycles. The zero-order valence-electron chi connectivity index (χ0n) is 13.3. The smallest absolute Gasteiger partial charge is 0.191 e. The van der Waals surface area contributed by atoms with E-state index in [4.69, 9.17) is 4.74 Å². The molecule has 1 heterocycles. The van der Waals surface area contributed by atoms with Crippen LogP contribution < -0.4 is 10.6 Å². The first-order valence-corrected chi connectivity index (χ1v) is 7.77. The highest BCUT2D eigenvalue weighted by atomic mass is 16.5. The number of aliphatic imine (C=N–C) groups is 1. The summed E-state index contributed by atoms with van der Waals surface area (Å²) in [6.45, 7) is 7.62. The highest BCUT2D eigenvalue weighted by Gasteiger charge is 2.02. The Morgan fingerprint density at radius 3 is 2.86 bits per heavy atom. The average molecular weight is 300 g/mol. The number of ether oxygens (including phenoxy) is 1. The predicted octanol–water partition coefficient (Wildman–Crippen LogP) is 2.33. The topological polar surface area (TPSA) is 58.5 Å². The van der Waals surface area contributed by atoms with Gasteiger partial charge in [-0.25, -0.2) is 4.99 Å². The van der Waals surface area contributed by atoms with Crippen molar-refractivity contribution in [2.45, 2.75) is 20.4 Å². The summed E-state index contributed by atoms with van der Waals surface area (Å²) in [4.78, 5) is 9.09. The molecule has 118 valence electrons. The van der Waals surface area contributed by atoms with Crippen LogP contribution in [0.4, 0.5) is 0 Å². The van der Waals surface area contributed by atoms with Crippen LogP contribution in [0.15, 0.2) is 41.5 Å². The van der Waals surface area contributed by atoms with Crippen LogP contribution in [0.3, 0.4) is 0 Å². The molecule has 2 N–H and O–H groups in total. The molecule has 5 heteroatoms. The standard InChI is InChI=1S/C17H24N4O/c1-3-18-17(20-11-12-22-4-2)21-13-15-8-5-7-14-9-6-10-19-16(14)15/h5-10H,3-4,11-13H2,1-2H3,(H2,18,20,21).